The first-order valence-electron chi connectivity index (χ1n) is 6.81. The Morgan fingerprint density at radius 1 is 1.15 bits per heavy atom. The first kappa shape index (κ1) is 14.3. The molecule has 104 valence electrons. The molecule has 0 saturated carbocycles. The van der Waals surface area contributed by atoms with Gasteiger partial charge in [0.2, 0.25) is 0 Å². The second kappa shape index (κ2) is 5.98. The Hall–Kier alpha value is -0.670. The van der Waals surface area contributed by atoms with Gasteiger partial charge in [-0.15, -0.1) is 0 Å². The van der Waals surface area contributed by atoms with E-state index in [1.165, 1.54) is 23.1 Å². The van der Waals surface area contributed by atoms with Crippen molar-refractivity contribution in [1.29, 1.82) is 0 Å². The molecule has 1 aliphatic rings. The lowest BCUT2D eigenvalue weighted by Crippen LogP contribution is -2.18. The summed E-state index contributed by atoms with van der Waals surface area (Å²) in [7, 11) is 0. The van der Waals surface area contributed by atoms with Gasteiger partial charge in [0.15, 0.2) is 0 Å². The summed E-state index contributed by atoms with van der Waals surface area (Å²) in [5.74, 6) is 0.361. The molecular formula is C17H15Br2F. The summed E-state index contributed by atoms with van der Waals surface area (Å²) in [6.07, 6.45) is 3.27. The fourth-order valence-electron chi connectivity index (χ4n) is 2.95. The molecule has 0 nitrogen and oxygen atoms in total. The van der Waals surface area contributed by atoms with Crippen molar-refractivity contribution in [3.05, 3.63) is 69.4 Å². The monoisotopic (exact) mass is 396 g/mol. The Morgan fingerprint density at radius 3 is 2.75 bits per heavy atom. The summed E-state index contributed by atoms with van der Waals surface area (Å²) >= 11 is 7.12. The summed E-state index contributed by atoms with van der Waals surface area (Å²) in [5, 5.41) is 0. The highest BCUT2D eigenvalue weighted by molar-refractivity contribution is 9.10. The largest absolute Gasteiger partial charge is 0.206 e. The van der Waals surface area contributed by atoms with Crippen molar-refractivity contribution in [3.63, 3.8) is 0 Å². The van der Waals surface area contributed by atoms with Crippen LogP contribution in [-0.2, 0) is 12.8 Å². The lowest BCUT2D eigenvalue weighted by Gasteiger charge is -2.30. The Morgan fingerprint density at radius 2 is 1.95 bits per heavy atom. The summed E-state index contributed by atoms with van der Waals surface area (Å²) in [6.45, 7) is 0. The average molecular weight is 398 g/mol. The van der Waals surface area contributed by atoms with Crippen molar-refractivity contribution in [3.8, 4) is 0 Å². The molecule has 0 amide bonds. The molecule has 0 bridgehead atoms. The number of hydrogen-bond acceptors (Lipinski definition) is 0. The van der Waals surface area contributed by atoms with Crippen LogP contribution in [0.5, 0.6) is 0 Å². The lowest BCUT2D eigenvalue weighted by atomic mass is 9.81. The van der Waals surface area contributed by atoms with Crippen molar-refractivity contribution in [2.75, 3.05) is 0 Å². The maximum atomic E-state index is 13.3. The van der Waals surface area contributed by atoms with Gasteiger partial charge in [-0.05, 0) is 69.9 Å². The van der Waals surface area contributed by atoms with Crippen LogP contribution >= 0.6 is 31.9 Å². The van der Waals surface area contributed by atoms with Gasteiger partial charge in [0.25, 0.3) is 0 Å². The SMILES string of the molecule is Fc1ccc(CC2CCc3ccccc3C2Br)cc1Br. The molecule has 2 aromatic carbocycles. The van der Waals surface area contributed by atoms with Gasteiger partial charge in [0.05, 0.1) is 4.47 Å². The van der Waals surface area contributed by atoms with Crippen LogP contribution in [0.1, 0.15) is 27.9 Å². The van der Waals surface area contributed by atoms with Gasteiger partial charge in [-0.2, -0.15) is 0 Å². The average Bonchev–Trinajstić information content (AvgIpc) is 2.46. The minimum atomic E-state index is -0.196. The minimum Gasteiger partial charge on any atom is -0.206 e. The summed E-state index contributed by atoms with van der Waals surface area (Å²) in [5.41, 5.74) is 4.04. The van der Waals surface area contributed by atoms with Gasteiger partial charge in [0.1, 0.15) is 5.82 Å². The standard InChI is InChI=1S/C17H15Br2F/c18-15-10-11(5-8-16(15)20)9-13-7-6-12-3-1-2-4-14(12)17(13)19/h1-5,8,10,13,17H,6-7,9H2. The second-order valence-electron chi connectivity index (χ2n) is 5.35. The van der Waals surface area contributed by atoms with Gasteiger partial charge in [-0.25, -0.2) is 4.39 Å². The van der Waals surface area contributed by atoms with Crippen molar-refractivity contribution in [1.82, 2.24) is 0 Å². The minimum absolute atomic E-state index is 0.196. The zero-order valence-corrected chi connectivity index (χ0v) is 14.1. The molecule has 2 aromatic rings. The highest BCUT2D eigenvalue weighted by Gasteiger charge is 2.27. The molecule has 0 fully saturated rings. The highest BCUT2D eigenvalue weighted by Crippen LogP contribution is 2.42. The molecule has 0 aliphatic heterocycles. The van der Waals surface area contributed by atoms with Gasteiger partial charge in [-0.3, -0.25) is 0 Å². The van der Waals surface area contributed by atoms with Gasteiger partial charge >= 0.3 is 0 Å². The molecule has 3 rings (SSSR count). The molecule has 0 N–H and O–H groups in total. The van der Waals surface area contributed by atoms with Crippen molar-refractivity contribution >= 4 is 31.9 Å². The predicted molar refractivity (Wildman–Crippen MR) is 87.7 cm³/mol. The number of alkyl halides is 1. The summed E-state index contributed by atoms with van der Waals surface area (Å²) in [6, 6.07) is 14.0. The van der Waals surface area contributed by atoms with Gasteiger partial charge < -0.3 is 0 Å². The van der Waals surface area contributed by atoms with Crippen molar-refractivity contribution < 1.29 is 4.39 Å². The molecule has 2 unspecified atom stereocenters. The maximum absolute atomic E-state index is 13.3. The smallest absolute Gasteiger partial charge is 0.137 e. The highest BCUT2D eigenvalue weighted by atomic mass is 79.9. The van der Waals surface area contributed by atoms with E-state index in [0.717, 1.165) is 12.8 Å². The van der Waals surface area contributed by atoms with Crippen LogP contribution in [0.2, 0.25) is 0 Å². The van der Waals surface area contributed by atoms with E-state index in [9.17, 15) is 4.39 Å². The maximum Gasteiger partial charge on any atom is 0.137 e. The number of rotatable bonds is 2. The Bertz CT molecular complexity index is 624. The first-order chi connectivity index (χ1) is 9.65. The molecule has 0 radical (unpaired) electrons. The third kappa shape index (κ3) is 2.84. The molecule has 3 heteroatoms. The number of hydrogen-bond donors (Lipinski definition) is 0. The third-order valence-corrected chi connectivity index (χ3v) is 5.88. The Labute approximate surface area is 135 Å². The molecule has 2 atom stereocenters. The van der Waals surface area contributed by atoms with Crippen LogP contribution < -0.4 is 0 Å². The molecule has 0 spiro atoms. The van der Waals surface area contributed by atoms with E-state index in [2.05, 4.69) is 56.1 Å². The molecule has 0 aromatic heterocycles. The van der Waals surface area contributed by atoms with E-state index in [1.807, 2.05) is 12.1 Å². The van der Waals surface area contributed by atoms with E-state index in [4.69, 9.17) is 0 Å². The predicted octanol–water partition coefficient (Wildman–Crippen LogP) is 5.83. The zero-order valence-electron chi connectivity index (χ0n) is 11.0. The normalized spacial score (nSPS) is 21.6. The summed E-state index contributed by atoms with van der Waals surface area (Å²) in [4.78, 5) is 0.385. The quantitative estimate of drug-likeness (QED) is 0.559. The van der Waals surface area contributed by atoms with Crippen LogP contribution in [0.3, 0.4) is 0 Å². The van der Waals surface area contributed by atoms with Crippen LogP contribution in [0.15, 0.2) is 46.9 Å². The zero-order chi connectivity index (χ0) is 14.1. The topological polar surface area (TPSA) is 0 Å². The van der Waals surface area contributed by atoms with Gasteiger partial charge in [-0.1, -0.05) is 46.3 Å². The first-order valence-corrected chi connectivity index (χ1v) is 8.52. The molecule has 0 saturated heterocycles. The van der Waals surface area contributed by atoms with Crippen molar-refractivity contribution in [2.24, 2.45) is 5.92 Å². The second-order valence-corrected chi connectivity index (χ2v) is 7.19. The van der Waals surface area contributed by atoms with E-state index in [-0.39, 0.29) is 5.82 Å². The molecular weight excluding hydrogens is 383 g/mol. The molecule has 0 heterocycles. The number of aryl methyl sites for hydroxylation is 1. The van der Waals surface area contributed by atoms with Crippen LogP contribution in [0.25, 0.3) is 0 Å². The van der Waals surface area contributed by atoms with E-state index >= 15 is 0 Å². The lowest BCUT2D eigenvalue weighted by molar-refractivity contribution is 0.452. The molecule has 1 aliphatic carbocycles. The van der Waals surface area contributed by atoms with E-state index < -0.39 is 0 Å². The fourth-order valence-corrected chi connectivity index (χ4v) is 4.27. The number of halogens is 3. The van der Waals surface area contributed by atoms with E-state index in [0.29, 0.717) is 15.2 Å². The third-order valence-electron chi connectivity index (χ3n) is 4.03. The van der Waals surface area contributed by atoms with Crippen molar-refractivity contribution in [2.45, 2.75) is 24.1 Å². The summed E-state index contributed by atoms with van der Waals surface area (Å²) < 4.78 is 13.8. The fraction of sp³-hybridized carbons (Fsp3) is 0.294. The number of fused-ring (bicyclic) bond motifs is 1. The molecule has 20 heavy (non-hydrogen) atoms. The van der Waals surface area contributed by atoms with Crippen LogP contribution in [0, 0.1) is 11.7 Å². The number of benzene rings is 2. The Kier molecular flexibility index (Phi) is 4.27. The van der Waals surface area contributed by atoms with Crippen LogP contribution in [0.4, 0.5) is 4.39 Å². The van der Waals surface area contributed by atoms with E-state index in [1.54, 1.807) is 6.07 Å². The Balaban J connectivity index is 1.81. The van der Waals surface area contributed by atoms with Crippen LogP contribution in [-0.4, -0.2) is 0 Å². The van der Waals surface area contributed by atoms with Gasteiger partial charge in [0, 0.05) is 4.83 Å².